The first kappa shape index (κ1) is 16.6. The summed E-state index contributed by atoms with van der Waals surface area (Å²) in [6.45, 7) is 8.16. The molecule has 0 aromatic carbocycles. The Hall–Kier alpha value is -0.850. The molecule has 92 valence electrons. The van der Waals surface area contributed by atoms with Crippen molar-refractivity contribution in [3.8, 4) is 0 Å². The summed E-state index contributed by atoms with van der Waals surface area (Å²) in [7, 11) is 0. The highest BCUT2D eigenvalue weighted by Gasteiger charge is 1.87. The van der Waals surface area contributed by atoms with Gasteiger partial charge in [-0.05, 0) is 13.8 Å². The lowest BCUT2D eigenvalue weighted by molar-refractivity contribution is 0.0195. The summed E-state index contributed by atoms with van der Waals surface area (Å²) < 4.78 is 15.3. The molecule has 0 saturated heterocycles. The van der Waals surface area contributed by atoms with E-state index in [0.29, 0.717) is 26.4 Å². The van der Waals surface area contributed by atoms with E-state index >= 15 is 0 Å². The first-order valence-electron chi connectivity index (χ1n) is 4.80. The molecule has 0 fully saturated rings. The van der Waals surface area contributed by atoms with Crippen molar-refractivity contribution in [2.45, 2.75) is 13.8 Å². The lowest BCUT2D eigenvalue weighted by Gasteiger charge is -2.03. The Balaban J connectivity index is 0. The molecule has 6 heteroatoms. The van der Waals surface area contributed by atoms with Crippen LogP contribution in [0, 0.1) is 0 Å². The largest absolute Gasteiger partial charge is 0.503 e. The Bertz CT molecular complexity index is 116. The Morgan fingerprint density at radius 1 is 0.867 bits per heavy atom. The average molecular weight is 224 g/mol. The molecule has 15 heavy (non-hydrogen) atoms. The zero-order valence-electron chi connectivity index (χ0n) is 9.27. The van der Waals surface area contributed by atoms with Gasteiger partial charge in [0, 0.05) is 13.2 Å². The van der Waals surface area contributed by atoms with Gasteiger partial charge in [-0.3, -0.25) is 0 Å². The van der Waals surface area contributed by atoms with Crippen molar-refractivity contribution < 1.29 is 29.2 Å². The number of hydrogen-bond donors (Lipinski definition) is 2. The lowest BCUT2D eigenvalue weighted by atomic mass is 10.7. The third-order valence-corrected chi connectivity index (χ3v) is 1.15. The van der Waals surface area contributed by atoms with E-state index < -0.39 is 6.16 Å². The Kier molecular flexibility index (Phi) is 17.3. The second-order valence-corrected chi connectivity index (χ2v) is 2.29. The molecular weight excluding hydrogens is 204 g/mol. The molecule has 0 saturated carbocycles. The van der Waals surface area contributed by atoms with Crippen LogP contribution in [0.15, 0.2) is 0 Å². The highest BCUT2D eigenvalue weighted by Crippen LogP contribution is 1.79. The van der Waals surface area contributed by atoms with Gasteiger partial charge in [-0.15, -0.1) is 0 Å². The van der Waals surface area contributed by atoms with Crippen molar-refractivity contribution in [3.63, 3.8) is 0 Å². The maximum absolute atomic E-state index is 8.56. The standard InChI is InChI=1S/C8H18O3.CH2O3/c1-3-9-5-7-11-8-6-10-4-2;2-1(3)4/h3-8H2,1-2H3;(H2,2,3,4). The fourth-order valence-corrected chi connectivity index (χ4v) is 0.626. The van der Waals surface area contributed by atoms with Crippen molar-refractivity contribution in [1.82, 2.24) is 0 Å². The van der Waals surface area contributed by atoms with E-state index in [2.05, 4.69) is 0 Å². The Morgan fingerprint density at radius 3 is 1.40 bits per heavy atom. The monoisotopic (exact) mass is 224 g/mol. The molecule has 0 rings (SSSR count). The highest BCUT2D eigenvalue weighted by molar-refractivity contribution is 5.53. The summed E-state index contributed by atoms with van der Waals surface area (Å²) in [6, 6.07) is 0. The lowest BCUT2D eigenvalue weighted by Crippen LogP contribution is -2.08. The van der Waals surface area contributed by atoms with Gasteiger partial charge >= 0.3 is 6.16 Å². The van der Waals surface area contributed by atoms with E-state index in [4.69, 9.17) is 29.2 Å². The topological polar surface area (TPSA) is 85.2 Å². The van der Waals surface area contributed by atoms with Crippen LogP contribution in [0.3, 0.4) is 0 Å². The summed E-state index contributed by atoms with van der Waals surface area (Å²) in [6.07, 6.45) is -1.83. The maximum Gasteiger partial charge on any atom is 0.503 e. The van der Waals surface area contributed by atoms with Crippen LogP contribution < -0.4 is 0 Å². The molecule has 6 nitrogen and oxygen atoms in total. The van der Waals surface area contributed by atoms with Crippen LogP contribution in [0.1, 0.15) is 13.8 Å². The van der Waals surface area contributed by atoms with Gasteiger partial charge in [-0.2, -0.15) is 0 Å². The normalized spacial score (nSPS) is 9.20. The van der Waals surface area contributed by atoms with E-state index in [1.807, 2.05) is 13.8 Å². The summed E-state index contributed by atoms with van der Waals surface area (Å²) >= 11 is 0. The predicted octanol–water partition coefficient (Wildman–Crippen LogP) is 1.30. The van der Waals surface area contributed by atoms with Gasteiger partial charge in [0.2, 0.25) is 0 Å². The molecule has 0 radical (unpaired) electrons. The van der Waals surface area contributed by atoms with Crippen LogP contribution in [0.5, 0.6) is 0 Å². The van der Waals surface area contributed by atoms with E-state index in [1.165, 1.54) is 0 Å². The Morgan fingerprint density at radius 2 is 1.13 bits per heavy atom. The van der Waals surface area contributed by atoms with Gasteiger partial charge in [0.1, 0.15) is 0 Å². The van der Waals surface area contributed by atoms with Crippen molar-refractivity contribution in [3.05, 3.63) is 0 Å². The second-order valence-electron chi connectivity index (χ2n) is 2.29. The van der Waals surface area contributed by atoms with E-state index in [-0.39, 0.29) is 0 Å². The minimum absolute atomic E-state index is 0.668. The fraction of sp³-hybridized carbons (Fsp3) is 0.889. The van der Waals surface area contributed by atoms with Gasteiger partial charge in [0.05, 0.1) is 26.4 Å². The van der Waals surface area contributed by atoms with Crippen molar-refractivity contribution in [2.24, 2.45) is 0 Å². The van der Waals surface area contributed by atoms with E-state index in [1.54, 1.807) is 0 Å². The Labute approximate surface area is 89.8 Å². The van der Waals surface area contributed by atoms with Crippen molar-refractivity contribution in [1.29, 1.82) is 0 Å². The number of rotatable bonds is 8. The summed E-state index contributed by atoms with van der Waals surface area (Å²) in [5.41, 5.74) is 0. The molecular formula is C9H20O6. The van der Waals surface area contributed by atoms with Crippen molar-refractivity contribution >= 4 is 6.16 Å². The highest BCUT2D eigenvalue weighted by atomic mass is 16.6. The molecule has 0 heterocycles. The molecule has 0 unspecified atom stereocenters. The average Bonchev–Trinajstić information content (AvgIpc) is 2.16. The molecule has 0 bridgehead atoms. The maximum atomic E-state index is 8.56. The quantitative estimate of drug-likeness (QED) is 0.604. The van der Waals surface area contributed by atoms with Gasteiger partial charge in [-0.1, -0.05) is 0 Å². The molecule has 0 aromatic heterocycles. The molecule has 2 N–H and O–H groups in total. The number of carboxylic acid groups (broad SMARTS) is 2. The van der Waals surface area contributed by atoms with Gasteiger partial charge in [-0.25, -0.2) is 4.79 Å². The fourth-order valence-electron chi connectivity index (χ4n) is 0.626. The smallest absolute Gasteiger partial charge is 0.450 e. The summed E-state index contributed by atoms with van der Waals surface area (Å²) in [5.74, 6) is 0. The summed E-state index contributed by atoms with van der Waals surface area (Å²) in [5, 5.41) is 13.9. The first-order valence-corrected chi connectivity index (χ1v) is 4.80. The molecule has 0 spiro atoms. The minimum Gasteiger partial charge on any atom is -0.450 e. The van der Waals surface area contributed by atoms with E-state index in [0.717, 1.165) is 13.2 Å². The van der Waals surface area contributed by atoms with Crippen LogP contribution in [-0.4, -0.2) is 56.0 Å². The molecule has 0 amide bonds. The minimum atomic E-state index is -1.83. The molecule has 0 aliphatic carbocycles. The van der Waals surface area contributed by atoms with Crippen LogP contribution in [0.4, 0.5) is 4.79 Å². The first-order chi connectivity index (χ1) is 7.15. The zero-order chi connectivity index (χ0) is 11.9. The van der Waals surface area contributed by atoms with Crippen LogP contribution in [0.2, 0.25) is 0 Å². The van der Waals surface area contributed by atoms with E-state index in [9.17, 15) is 0 Å². The number of carbonyl (C=O) groups is 1. The number of hydrogen-bond acceptors (Lipinski definition) is 4. The van der Waals surface area contributed by atoms with Crippen LogP contribution >= 0.6 is 0 Å². The molecule has 0 aliphatic heterocycles. The number of ether oxygens (including phenoxy) is 3. The van der Waals surface area contributed by atoms with Crippen molar-refractivity contribution in [2.75, 3.05) is 39.6 Å². The van der Waals surface area contributed by atoms with Crippen LogP contribution in [-0.2, 0) is 14.2 Å². The van der Waals surface area contributed by atoms with Gasteiger partial charge < -0.3 is 24.4 Å². The predicted molar refractivity (Wildman–Crippen MR) is 54.5 cm³/mol. The SMILES string of the molecule is CCOCCOCCOCC.O=C(O)O. The molecule has 0 aromatic rings. The van der Waals surface area contributed by atoms with Crippen LogP contribution in [0.25, 0.3) is 0 Å². The zero-order valence-corrected chi connectivity index (χ0v) is 9.27. The van der Waals surface area contributed by atoms with Gasteiger partial charge in [0.15, 0.2) is 0 Å². The molecule has 0 aliphatic rings. The molecule has 0 atom stereocenters. The third-order valence-electron chi connectivity index (χ3n) is 1.15. The third kappa shape index (κ3) is 32.0. The second kappa shape index (κ2) is 15.6. The van der Waals surface area contributed by atoms with Gasteiger partial charge in [0.25, 0.3) is 0 Å². The summed E-state index contributed by atoms with van der Waals surface area (Å²) in [4.78, 5) is 8.56.